The van der Waals surface area contributed by atoms with Crippen molar-refractivity contribution < 1.29 is 14.3 Å². The molecule has 0 saturated carbocycles. The summed E-state index contributed by atoms with van der Waals surface area (Å²) in [4.78, 5) is 17.9. The van der Waals surface area contributed by atoms with Crippen LogP contribution in [-0.2, 0) is 11.3 Å². The van der Waals surface area contributed by atoms with Crippen LogP contribution < -0.4 is 0 Å². The summed E-state index contributed by atoms with van der Waals surface area (Å²) in [5, 5.41) is 9.92. The number of hydrogen-bond donors (Lipinski definition) is 1. The number of halogens is 1. The lowest BCUT2D eigenvalue weighted by Crippen LogP contribution is -2.47. The van der Waals surface area contributed by atoms with Gasteiger partial charge in [0.1, 0.15) is 0 Å². The molecule has 2 heterocycles. The Morgan fingerprint density at radius 1 is 1.29 bits per heavy atom. The zero-order valence-electron chi connectivity index (χ0n) is 13.8. The molecule has 1 saturated heterocycles. The number of rotatable bonds is 4. The van der Waals surface area contributed by atoms with Crippen molar-refractivity contribution in [3.63, 3.8) is 0 Å². The van der Waals surface area contributed by atoms with E-state index in [2.05, 4.69) is 23.7 Å². The van der Waals surface area contributed by atoms with E-state index in [0.29, 0.717) is 36.1 Å². The number of benzene rings is 1. The van der Waals surface area contributed by atoms with E-state index in [-0.39, 0.29) is 18.0 Å². The lowest BCUT2D eigenvalue weighted by Gasteiger charge is -2.40. The third kappa shape index (κ3) is 3.62. The number of piperidine rings is 1. The monoisotopic (exact) mass is 348 g/mol. The highest BCUT2D eigenvalue weighted by Crippen LogP contribution is 2.30. The average Bonchev–Trinajstić information content (AvgIpc) is 3.00. The van der Waals surface area contributed by atoms with Crippen LogP contribution in [-0.4, -0.2) is 33.0 Å². The van der Waals surface area contributed by atoms with Crippen LogP contribution in [0.3, 0.4) is 0 Å². The number of aromatic nitrogens is 1. The summed E-state index contributed by atoms with van der Waals surface area (Å²) < 4.78 is 5.87. The molecular formula is C18H21ClN2O3. The number of aliphatic carboxylic acids is 1. The van der Waals surface area contributed by atoms with Crippen molar-refractivity contribution in [3.05, 3.63) is 41.4 Å². The summed E-state index contributed by atoms with van der Waals surface area (Å²) in [6, 6.07) is 7.80. The van der Waals surface area contributed by atoms with Crippen molar-refractivity contribution in [1.29, 1.82) is 0 Å². The van der Waals surface area contributed by atoms with Gasteiger partial charge in [0, 0.05) is 22.7 Å². The average molecular weight is 349 g/mol. The van der Waals surface area contributed by atoms with Crippen LogP contribution in [0.25, 0.3) is 11.3 Å². The molecule has 0 bridgehead atoms. The SMILES string of the molecule is CC1CC(C(=O)O)CC(C)N1Cc1ncc(-c2ccc(Cl)cc2)o1. The number of oxazole rings is 1. The van der Waals surface area contributed by atoms with Crippen molar-refractivity contribution in [2.45, 2.75) is 45.3 Å². The summed E-state index contributed by atoms with van der Waals surface area (Å²) in [7, 11) is 0. The summed E-state index contributed by atoms with van der Waals surface area (Å²) in [6.45, 7) is 4.71. The maximum absolute atomic E-state index is 11.2. The molecule has 1 N–H and O–H groups in total. The molecule has 0 aliphatic carbocycles. The molecule has 24 heavy (non-hydrogen) atoms. The molecule has 2 aromatic rings. The van der Waals surface area contributed by atoms with E-state index in [9.17, 15) is 9.90 Å². The predicted molar refractivity (Wildman–Crippen MR) is 91.8 cm³/mol. The molecule has 0 radical (unpaired) electrons. The van der Waals surface area contributed by atoms with Gasteiger partial charge in [-0.2, -0.15) is 0 Å². The van der Waals surface area contributed by atoms with Crippen LogP contribution in [0.1, 0.15) is 32.6 Å². The summed E-state index contributed by atoms with van der Waals surface area (Å²) in [6.07, 6.45) is 3.03. The minimum atomic E-state index is -0.700. The van der Waals surface area contributed by atoms with Gasteiger partial charge in [0.25, 0.3) is 0 Å². The molecule has 3 rings (SSSR count). The highest BCUT2D eigenvalue weighted by Gasteiger charge is 2.34. The summed E-state index contributed by atoms with van der Waals surface area (Å²) in [5.74, 6) is 0.393. The first kappa shape index (κ1) is 17.0. The first-order chi connectivity index (χ1) is 11.4. The number of likely N-dealkylation sites (tertiary alicyclic amines) is 1. The minimum absolute atomic E-state index is 0.181. The van der Waals surface area contributed by atoms with Gasteiger partial charge in [-0.3, -0.25) is 9.69 Å². The quantitative estimate of drug-likeness (QED) is 0.902. The van der Waals surface area contributed by atoms with E-state index in [4.69, 9.17) is 16.0 Å². The second-order valence-electron chi connectivity index (χ2n) is 6.50. The lowest BCUT2D eigenvalue weighted by atomic mass is 9.87. The molecule has 2 atom stereocenters. The molecule has 1 aliphatic heterocycles. The van der Waals surface area contributed by atoms with Crippen molar-refractivity contribution >= 4 is 17.6 Å². The molecule has 0 spiro atoms. The number of hydrogen-bond acceptors (Lipinski definition) is 4. The van der Waals surface area contributed by atoms with Crippen LogP contribution in [0, 0.1) is 5.92 Å². The molecule has 1 aliphatic rings. The van der Waals surface area contributed by atoms with Crippen molar-refractivity contribution in [3.8, 4) is 11.3 Å². The van der Waals surface area contributed by atoms with Gasteiger partial charge in [-0.05, 0) is 51.0 Å². The Bertz CT molecular complexity index is 701. The van der Waals surface area contributed by atoms with Crippen LogP contribution in [0.2, 0.25) is 5.02 Å². The third-order valence-corrected chi connectivity index (χ3v) is 4.98. The fourth-order valence-corrected chi connectivity index (χ4v) is 3.55. The van der Waals surface area contributed by atoms with Gasteiger partial charge in [-0.15, -0.1) is 0 Å². The number of carbonyl (C=O) groups is 1. The van der Waals surface area contributed by atoms with E-state index >= 15 is 0 Å². The highest BCUT2D eigenvalue weighted by atomic mass is 35.5. The topological polar surface area (TPSA) is 66.6 Å². The van der Waals surface area contributed by atoms with Crippen LogP contribution in [0.5, 0.6) is 0 Å². The molecule has 5 nitrogen and oxygen atoms in total. The van der Waals surface area contributed by atoms with Gasteiger partial charge in [0.2, 0.25) is 5.89 Å². The Balaban J connectivity index is 1.70. The smallest absolute Gasteiger partial charge is 0.306 e. The van der Waals surface area contributed by atoms with Crippen LogP contribution in [0.15, 0.2) is 34.9 Å². The maximum Gasteiger partial charge on any atom is 0.306 e. The first-order valence-corrected chi connectivity index (χ1v) is 8.51. The second-order valence-corrected chi connectivity index (χ2v) is 6.94. The zero-order chi connectivity index (χ0) is 17.3. The van der Waals surface area contributed by atoms with Gasteiger partial charge in [-0.25, -0.2) is 4.98 Å². The Hall–Kier alpha value is -1.85. The number of nitrogens with zero attached hydrogens (tertiary/aromatic N) is 2. The van der Waals surface area contributed by atoms with Crippen LogP contribution >= 0.6 is 11.6 Å². The fraction of sp³-hybridized carbons (Fsp3) is 0.444. The van der Waals surface area contributed by atoms with E-state index in [1.807, 2.05) is 24.3 Å². The Labute approximate surface area is 146 Å². The molecule has 0 amide bonds. The maximum atomic E-state index is 11.2. The Morgan fingerprint density at radius 3 is 2.50 bits per heavy atom. The van der Waals surface area contributed by atoms with Crippen molar-refractivity contribution in [2.24, 2.45) is 5.92 Å². The normalized spacial score (nSPS) is 24.9. The minimum Gasteiger partial charge on any atom is -0.481 e. The Morgan fingerprint density at radius 2 is 1.92 bits per heavy atom. The molecule has 1 aromatic heterocycles. The third-order valence-electron chi connectivity index (χ3n) is 4.73. The highest BCUT2D eigenvalue weighted by molar-refractivity contribution is 6.30. The Kier molecular flexibility index (Phi) is 4.92. The van der Waals surface area contributed by atoms with Gasteiger partial charge in [0.15, 0.2) is 5.76 Å². The molecule has 2 unspecified atom stereocenters. The zero-order valence-corrected chi connectivity index (χ0v) is 14.5. The van der Waals surface area contributed by atoms with Gasteiger partial charge in [-0.1, -0.05) is 11.6 Å². The summed E-state index contributed by atoms with van der Waals surface area (Å²) in [5.41, 5.74) is 0.934. The standard InChI is InChI=1S/C18H21ClN2O3/c1-11-7-14(18(22)23)8-12(2)21(11)10-17-20-9-16(24-17)13-3-5-15(19)6-4-13/h3-6,9,11-12,14H,7-8,10H2,1-2H3,(H,22,23). The lowest BCUT2D eigenvalue weighted by molar-refractivity contribution is -0.145. The summed E-state index contributed by atoms with van der Waals surface area (Å²) >= 11 is 5.90. The number of carboxylic acid groups (broad SMARTS) is 1. The molecule has 1 aromatic carbocycles. The van der Waals surface area contributed by atoms with E-state index in [1.54, 1.807) is 6.20 Å². The first-order valence-electron chi connectivity index (χ1n) is 8.13. The van der Waals surface area contributed by atoms with E-state index < -0.39 is 5.97 Å². The van der Waals surface area contributed by atoms with E-state index in [0.717, 1.165) is 5.56 Å². The van der Waals surface area contributed by atoms with Gasteiger partial charge in [0.05, 0.1) is 18.7 Å². The van der Waals surface area contributed by atoms with Gasteiger partial charge >= 0.3 is 5.97 Å². The predicted octanol–water partition coefficient (Wildman–Crippen LogP) is 4.07. The molecule has 1 fully saturated rings. The van der Waals surface area contributed by atoms with Crippen molar-refractivity contribution in [2.75, 3.05) is 0 Å². The van der Waals surface area contributed by atoms with E-state index in [1.165, 1.54) is 0 Å². The largest absolute Gasteiger partial charge is 0.481 e. The molecule has 6 heteroatoms. The molecule has 128 valence electrons. The van der Waals surface area contributed by atoms with Gasteiger partial charge < -0.3 is 9.52 Å². The van der Waals surface area contributed by atoms with Crippen LogP contribution in [0.4, 0.5) is 0 Å². The molecular weight excluding hydrogens is 328 g/mol. The van der Waals surface area contributed by atoms with Crippen molar-refractivity contribution in [1.82, 2.24) is 9.88 Å². The second kappa shape index (κ2) is 6.95. The number of carboxylic acids is 1. The fourth-order valence-electron chi connectivity index (χ4n) is 3.43.